The van der Waals surface area contributed by atoms with Gasteiger partial charge in [-0.1, -0.05) is 0 Å². The smallest absolute Gasteiger partial charge is 0.222 e. The van der Waals surface area contributed by atoms with Gasteiger partial charge in [0.2, 0.25) is 5.91 Å². The average molecular weight is 201 g/mol. The predicted octanol–water partition coefficient (Wildman–Crippen LogP) is 0.658. The third-order valence-corrected chi connectivity index (χ3v) is 1.31. The second-order valence-electron chi connectivity index (χ2n) is 1.92. The Balaban J connectivity index is 0. The second-order valence-corrected chi connectivity index (χ2v) is 1.92. The Bertz CT molecular complexity index is 99.0. The van der Waals surface area contributed by atoms with E-state index in [2.05, 4.69) is 0 Å². The molecule has 0 N–H and O–H groups in total. The molecule has 1 fully saturated rings. The van der Waals surface area contributed by atoms with Crippen LogP contribution in [0.5, 0.6) is 0 Å². The first-order valence-corrected chi connectivity index (χ1v) is 2.54. The van der Waals surface area contributed by atoms with Gasteiger partial charge in [-0.25, -0.2) is 0 Å². The molecule has 4 heteroatoms. The van der Waals surface area contributed by atoms with Crippen LogP contribution < -0.4 is 0 Å². The quantitative estimate of drug-likeness (QED) is 0.527. The molecule has 0 aromatic carbocycles. The Morgan fingerprint density at radius 3 is 2.22 bits per heavy atom. The number of rotatable bonds is 0. The van der Waals surface area contributed by atoms with Crippen LogP contribution in [-0.4, -0.2) is 24.4 Å². The van der Waals surface area contributed by atoms with Crippen molar-refractivity contribution in [1.82, 2.24) is 4.90 Å². The second kappa shape index (κ2) is 5.19. The minimum Gasteiger partial charge on any atom is -0.346 e. The summed E-state index contributed by atoms with van der Waals surface area (Å²) in [5.41, 5.74) is 0. The molecule has 9 heavy (non-hydrogen) atoms. The van der Waals surface area contributed by atoms with Gasteiger partial charge in [-0.3, -0.25) is 4.79 Å². The van der Waals surface area contributed by atoms with Gasteiger partial charge in [0, 0.05) is 39.5 Å². The van der Waals surface area contributed by atoms with Gasteiger partial charge < -0.3 is 4.90 Å². The molecule has 1 rings (SSSR count). The summed E-state index contributed by atoms with van der Waals surface area (Å²) in [4.78, 5) is 12.3. The molecule has 1 amide bonds. The zero-order chi connectivity index (χ0) is 5.28. The van der Waals surface area contributed by atoms with Crippen LogP contribution in [0.3, 0.4) is 0 Å². The molecule has 0 aromatic heterocycles. The molecule has 0 aromatic rings. The summed E-state index contributed by atoms with van der Waals surface area (Å²) in [5.74, 6) is 0.292. The Kier molecular flexibility index (Phi) is 6.98. The predicted molar refractivity (Wildman–Crippen MR) is 34.1 cm³/mol. The van der Waals surface area contributed by atoms with Gasteiger partial charge in [-0.2, -0.15) is 0 Å². The van der Waals surface area contributed by atoms with Crippen LogP contribution in [0.25, 0.3) is 0 Å². The molecule has 0 unspecified atom stereocenters. The summed E-state index contributed by atoms with van der Waals surface area (Å²) in [5, 5.41) is 0. The van der Waals surface area contributed by atoms with Gasteiger partial charge in [0.05, 0.1) is 0 Å². The summed E-state index contributed by atoms with van der Waals surface area (Å²) in [7, 11) is 1.84. The molecule has 1 saturated heterocycles. The molecule has 1 aliphatic heterocycles. The first kappa shape index (κ1) is 12.1. The minimum atomic E-state index is 0. The zero-order valence-corrected chi connectivity index (χ0v) is 9.38. The topological polar surface area (TPSA) is 20.3 Å². The molecule has 0 radical (unpaired) electrons. The molecule has 0 atom stereocenters. The minimum absolute atomic E-state index is 0. The van der Waals surface area contributed by atoms with Crippen molar-refractivity contribution in [1.29, 1.82) is 0 Å². The fourth-order valence-corrected chi connectivity index (χ4v) is 0.783. The summed E-state index contributed by atoms with van der Waals surface area (Å²) >= 11 is 0. The van der Waals surface area contributed by atoms with E-state index in [1.807, 2.05) is 7.05 Å². The van der Waals surface area contributed by atoms with Gasteiger partial charge in [-0.15, -0.1) is 12.4 Å². The van der Waals surface area contributed by atoms with Crippen LogP contribution in [0.2, 0.25) is 0 Å². The van der Waals surface area contributed by atoms with Crippen molar-refractivity contribution in [3.63, 3.8) is 0 Å². The monoisotopic (exact) mass is 199 g/mol. The average Bonchev–Trinajstić information content (AvgIpc) is 1.91. The van der Waals surface area contributed by atoms with Crippen LogP contribution >= 0.6 is 12.4 Å². The number of hydrogen-bond acceptors (Lipinski definition) is 1. The van der Waals surface area contributed by atoms with Crippen LogP contribution in [-0.2, 0) is 24.3 Å². The van der Waals surface area contributed by atoms with E-state index in [9.17, 15) is 4.79 Å². The largest absolute Gasteiger partial charge is 0.346 e. The van der Waals surface area contributed by atoms with E-state index in [4.69, 9.17) is 0 Å². The van der Waals surface area contributed by atoms with E-state index >= 15 is 0 Å². The summed E-state index contributed by atoms with van der Waals surface area (Å²) in [6.45, 7) is 0.957. The number of hydrogen-bond donors (Lipinski definition) is 0. The zero-order valence-electron chi connectivity index (χ0n) is 5.59. The van der Waals surface area contributed by atoms with Crippen molar-refractivity contribution < 1.29 is 24.3 Å². The Labute approximate surface area is 74.2 Å². The van der Waals surface area contributed by atoms with Crippen LogP contribution in [0.4, 0.5) is 0 Å². The molecular formula is C5H10ClNOZn. The molecule has 0 aliphatic carbocycles. The molecule has 2 nitrogen and oxygen atoms in total. The van der Waals surface area contributed by atoms with E-state index < -0.39 is 0 Å². The fourth-order valence-electron chi connectivity index (χ4n) is 0.783. The van der Waals surface area contributed by atoms with E-state index in [-0.39, 0.29) is 31.9 Å². The van der Waals surface area contributed by atoms with Crippen LogP contribution in [0.1, 0.15) is 12.8 Å². The van der Waals surface area contributed by atoms with Crippen molar-refractivity contribution in [2.45, 2.75) is 12.8 Å². The molecule has 0 spiro atoms. The Morgan fingerprint density at radius 1 is 1.56 bits per heavy atom. The molecular weight excluding hydrogens is 191 g/mol. The van der Waals surface area contributed by atoms with E-state index in [1.54, 1.807) is 4.90 Å². The molecule has 1 aliphatic rings. The first-order chi connectivity index (χ1) is 3.30. The van der Waals surface area contributed by atoms with Crippen molar-refractivity contribution in [2.75, 3.05) is 13.6 Å². The molecule has 50 valence electrons. The van der Waals surface area contributed by atoms with Crippen LogP contribution in [0, 0.1) is 0 Å². The third-order valence-electron chi connectivity index (χ3n) is 1.31. The van der Waals surface area contributed by atoms with Gasteiger partial charge >= 0.3 is 0 Å². The first-order valence-electron chi connectivity index (χ1n) is 2.54. The van der Waals surface area contributed by atoms with E-state index in [1.165, 1.54) is 0 Å². The SMILES string of the molecule is CN1CCCC1=O.Cl.[Zn]. The number of likely N-dealkylation sites (tertiary alicyclic amines) is 1. The molecule has 0 bridgehead atoms. The van der Waals surface area contributed by atoms with Crippen molar-refractivity contribution in [3.05, 3.63) is 0 Å². The Hall–Kier alpha value is 0.383. The van der Waals surface area contributed by atoms with Gasteiger partial charge in [0.1, 0.15) is 0 Å². The third kappa shape index (κ3) is 3.17. The maximum absolute atomic E-state index is 10.5. The maximum atomic E-state index is 10.5. The standard InChI is InChI=1S/C5H9NO.ClH.Zn/c1-6-4-2-3-5(6)7;;/h2-4H2,1H3;1H;. The molecule has 0 saturated carbocycles. The van der Waals surface area contributed by atoms with E-state index in [0.29, 0.717) is 5.91 Å². The van der Waals surface area contributed by atoms with Gasteiger partial charge in [0.25, 0.3) is 0 Å². The van der Waals surface area contributed by atoms with Crippen molar-refractivity contribution in [3.8, 4) is 0 Å². The number of halogens is 1. The van der Waals surface area contributed by atoms with Crippen molar-refractivity contribution in [2.24, 2.45) is 0 Å². The van der Waals surface area contributed by atoms with E-state index in [0.717, 1.165) is 19.4 Å². The number of amides is 1. The molecule has 1 heterocycles. The number of carbonyl (C=O) groups is 1. The summed E-state index contributed by atoms with van der Waals surface area (Å²) in [6.07, 6.45) is 1.81. The van der Waals surface area contributed by atoms with Gasteiger partial charge in [0.15, 0.2) is 0 Å². The fraction of sp³-hybridized carbons (Fsp3) is 0.800. The summed E-state index contributed by atoms with van der Waals surface area (Å²) < 4.78 is 0. The van der Waals surface area contributed by atoms with Gasteiger partial charge in [-0.05, 0) is 6.42 Å². The Morgan fingerprint density at radius 2 is 2.11 bits per heavy atom. The maximum Gasteiger partial charge on any atom is 0.222 e. The number of carbonyl (C=O) groups excluding carboxylic acids is 1. The van der Waals surface area contributed by atoms with Crippen LogP contribution in [0.15, 0.2) is 0 Å². The van der Waals surface area contributed by atoms with Crippen molar-refractivity contribution >= 4 is 18.3 Å². The normalized spacial score (nSPS) is 16.6. The summed E-state index contributed by atoms with van der Waals surface area (Å²) in [6, 6.07) is 0. The number of nitrogens with zero attached hydrogens (tertiary/aromatic N) is 1.